The number of carbonyl (C=O) groups is 2. The predicted molar refractivity (Wildman–Crippen MR) is 93.9 cm³/mol. The highest BCUT2D eigenvalue weighted by molar-refractivity contribution is 5.84. The normalized spacial score (nSPS) is 18.9. The molecule has 6 heteroatoms. The van der Waals surface area contributed by atoms with E-state index in [0.29, 0.717) is 18.2 Å². The molecule has 2 atom stereocenters. The summed E-state index contributed by atoms with van der Waals surface area (Å²) < 4.78 is 5.14. The van der Waals surface area contributed by atoms with Gasteiger partial charge in [0.15, 0.2) is 0 Å². The molecule has 0 fully saturated rings. The third kappa shape index (κ3) is 4.41. The van der Waals surface area contributed by atoms with Gasteiger partial charge < -0.3 is 20.4 Å². The Morgan fingerprint density at radius 1 is 1.08 bits per heavy atom. The van der Waals surface area contributed by atoms with E-state index in [0.717, 1.165) is 12.8 Å². The number of carbonyl (C=O) groups excluding carboxylic acids is 2. The van der Waals surface area contributed by atoms with Crippen molar-refractivity contribution in [1.82, 2.24) is 16.0 Å². The average molecular weight is 341 g/mol. The van der Waals surface area contributed by atoms with Crippen molar-refractivity contribution in [3.05, 3.63) is 59.5 Å². The summed E-state index contributed by atoms with van der Waals surface area (Å²) in [6.07, 6.45) is 3.48. The van der Waals surface area contributed by atoms with Crippen LogP contribution in [0.5, 0.6) is 0 Å². The van der Waals surface area contributed by atoms with Crippen molar-refractivity contribution < 1.29 is 14.0 Å². The molecule has 1 aromatic carbocycles. The second kappa shape index (κ2) is 7.88. The van der Waals surface area contributed by atoms with Crippen LogP contribution in [-0.4, -0.2) is 18.5 Å². The second-order valence-electron chi connectivity index (χ2n) is 6.34. The predicted octanol–water partition coefficient (Wildman–Crippen LogP) is 2.83. The van der Waals surface area contributed by atoms with Gasteiger partial charge in [-0.2, -0.15) is 0 Å². The number of urea groups is 1. The molecule has 0 radical (unpaired) electrons. The lowest BCUT2D eigenvalue weighted by atomic mass is 9.81. The number of amides is 3. The molecule has 3 rings (SSSR count). The van der Waals surface area contributed by atoms with Crippen LogP contribution in [0, 0.1) is 0 Å². The minimum Gasteiger partial charge on any atom is -0.467 e. The number of nitrogens with one attached hydrogen (secondary N) is 3. The first-order valence-electron chi connectivity index (χ1n) is 8.55. The topological polar surface area (TPSA) is 83.4 Å². The molecular formula is C19H23N3O3. The zero-order chi connectivity index (χ0) is 17.6. The van der Waals surface area contributed by atoms with Crippen LogP contribution in [0.25, 0.3) is 0 Å². The van der Waals surface area contributed by atoms with Gasteiger partial charge in [-0.05, 0) is 42.0 Å². The largest absolute Gasteiger partial charge is 0.467 e. The van der Waals surface area contributed by atoms with Crippen LogP contribution in [-0.2, 0) is 11.3 Å². The van der Waals surface area contributed by atoms with Gasteiger partial charge >= 0.3 is 6.03 Å². The zero-order valence-electron chi connectivity index (χ0n) is 14.2. The van der Waals surface area contributed by atoms with Gasteiger partial charge in [-0.3, -0.25) is 4.79 Å². The first-order valence-corrected chi connectivity index (χ1v) is 8.55. The molecule has 1 aliphatic rings. The fourth-order valence-corrected chi connectivity index (χ4v) is 3.19. The van der Waals surface area contributed by atoms with Crippen LogP contribution in [0.15, 0.2) is 47.1 Å². The molecule has 6 nitrogen and oxygen atoms in total. The lowest BCUT2D eigenvalue weighted by molar-refractivity contribution is -0.120. The maximum absolute atomic E-state index is 12.1. The van der Waals surface area contributed by atoms with E-state index in [1.807, 2.05) is 12.1 Å². The smallest absolute Gasteiger partial charge is 0.315 e. The molecule has 0 saturated heterocycles. The van der Waals surface area contributed by atoms with Crippen LogP contribution in [0.2, 0.25) is 0 Å². The Bertz CT molecular complexity index is 727. The lowest BCUT2D eigenvalue weighted by Crippen LogP contribution is -2.43. The molecule has 0 saturated carbocycles. The number of furan rings is 1. The summed E-state index contributed by atoms with van der Waals surface area (Å²) in [5, 5.41) is 8.27. The van der Waals surface area contributed by atoms with Gasteiger partial charge in [-0.1, -0.05) is 31.2 Å². The van der Waals surface area contributed by atoms with E-state index in [9.17, 15) is 9.59 Å². The quantitative estimate of drug-likeness (QED) is 0.782. The third-order valence-corrected chi connectivity index (χ3v) is 4.55. The van der Waals surface area contributed by atoms with Gasteiger partial charge in [0.05, 0.1) is 25.4 Å². The van der Waals surface area contributed by atoms with Crippen molar-refractivity contribution >= 4 is 11.9 Å². The van der Waals surface area contributed by atoms with Crippen molar-refractivity contribution in [2.75, 3.05) is 6.54 Å². The van der Waals surface area contributed by atoms with Crippen molar-refractivity contribution in [2.45, 2.75) is 38.3 Å². The Labute approximate surface area is 147 Å². The Morgan fingerprint density at radius 3 is 2.64 bits per heavy atom. The number of fused-ring (bicyclic) bond motifs is 1. The Hall–Kier alpha value is -2.76. The summed E-state index contributed by atoms with van der Waals surface area (Å²) in [7, 11) is 0. The van der Waals surface area contributed by atoms with Crippen LogP contribution < -0.4 is 16.0 Å². The van der Waals surface area contributed by atoms with E-state index in [-0.39, 0.29) is 24.5 Å². The highest BCUT2D eigenvalue weighted by atomic mass is 16.3. The maximum atomic E-state index is 12.1. The van der Waals surface area contributed by atoms with Crippen LogP contribution in [0.3, 0.4) is 0 Å². The molecular weight excluding hydrogens is 318 g/mol. The van der Waals surface area contributed by atoms with Crippen molar-refractivity contribution in [3.63, 3.8) is 0 Å². The highest BCUT2D eigenvalue weighted by Crippen LogP contribution is 2.36. The standard InChI is InChI=1S/C19H23N3O3/c1-13-8-9-17(16-7-3-2-6-15(13)16)22-19(24)21-12-18(23)20-11-14-5-4-10-25-14/h2-7,10,13,17H,8-9,11-12H2,1H3,(H,20,23)(H2,21,22,24)/t13-,17-/m0/s1. The summed E-state index contributed by atoms with van der Waals surface area (Å²) >= 11 is 0. The van der Waals surface area contributed by atoms with Crippen LogP contribution >= 0.6 is 0 Å². The fourth-order valence-electron chi connectivity index (χ4n) is 3.19. The molecule has 3 amide bonds. The van der Waals surface area contributed by atoms with Crippen molar-refractivity contribution in [3.8, 4) is 0 Å². The molecule has 3 N–H and O–H groups in total. The lowest BCUT2D eigenvalue weighted by Gasteiger charge is -2.30. The summed E-state index contributed by atoms with van der Waals surface area (Å²) in [5.74, 6) is 0.916. The molecule has 132 valence electrons. The molecule has 0 aliphatic heterocycles. The third-order valence-electron chi connectivity index (χ3n) is 4.55. The Kier molecular flexibility index (Phi) is 5.38. The molecule has 0 bridgehead atoms. The van der Waals surface area contributed by atoms with E-state index >= 15 is 0 Å². The van der Waals surface area contributed by atoms with Gasteiger partial charge in [0.1, 0.15) is 5.76 Å². The summed E-state index contributed by atoms with van der Waals surface area (Å²) in [4.78, 5) is 23.9. The van der Waals surface area contributed by atoms with E-state index in [1.165, 1.54) is 11.1 Å². The Morgan fingerprint density at radius 2 is 1.88 bits per heavy atom. The van der Waals surface area contributed by atoms with Gasteiger partial charge in [-0.25, -0.2) is 4.79 Å². The first kappa shape index (κ1) is 17.1. The monoisotopic (exact) mass is 341 g/mol. The first-order chi connectivity index (χ1) is 12.1. The van der Waals surface area contributed by atoms with Gasteiger partial charge in [0, 0.05) is 0 Å². The van der Waals surface area contributed by atoms with Crippen molar-refractivity contribution in [1.29, 1.82) is 0 Å². The molecule has 1 aliphatic carbocycles. The van der Waals surface area contributed by atoms with Gasteiger partial charge in [0.2, 0.25) is 5.91 Å². The van der Waals surface area contributed by atoms with Crippen LogP contribution in [0.1, 0.15) is 48.6 Å². The van der Waals surface area contributed by atoms with Crippen LogP contribution in [0.4, 0.5) is 4.79 Å². The molecule has 1 aromatic heterocycles. The summed E-state index contributed by atoms with van der Waals surface area (Å²) in [5.41, 5.74) is 2.45. The number of benzene rings is 1. The van der Waals surface area contributed by atoms with Gasteiger partial charge in [-0.15, -0.1) is 0 Å². The SMILES string of the molecule is C[C@H]1CC[C@H](NC(=O)NCC(=O)NCc2ccco2)c2ccccc21. The van der Waals surface area contributed by atoms with E-state index in [1.54, 1.807) is 18.4 Å². The Balaban J connectivity index is 1.46. The van der Waals surface area contributed by atoms with Crippen molar-refractivity contribution in [2.24, 2.45) is 0 Å². The molecule has 2 aromatic rings. The average Bonchev–Trinajstić information content (AvgIpc) is 3.14. The summed E-state index contributed by atoms with van der Waals surface area (Å²) in [6.45, 7) is 2.44. The number of hydrogen-bond acceptors (Lipinski definition) is 3. The van der Waals surface area contributed by atoms with E-state index < -0.39 is 0 Å². The minimum atomic E-state index is -0.331. The molecule has 1 heterocycles. The highest BCUT2D eigenvalue weighted by Gasteiger charge is 2.25. The zero-order valence-corrected chi connectivity index (χ0v) is 14.2. The van der Waals surface area contributed by atoms with E-state index in [2.05, 4.69) is 35.0 Å². The molecule has 0 spiro atoms. The maximum Gasteiger partial charge on any atom is 0.315 e. The van der Waals surface area contributed by atoms with E-state index in [4.69, 9.17) is 4.42 Å². The molecule has 0 unspecified atom stereocenters. The number of rotatable bonds is 5. The second-order valence-corrected chi connectivity index (χ2v) is 6.34. The fraction of sp³-hybridized carbons (Fsp3) is 0.368. The summed E-state index contributed by atoms with van der Waals surface area (Å²) in [6, 6.07) is 11.4. The minimum absolute atomic E-state index is 0.0152. The van der Waals surface area contributed by atoms with Gasteiger partial charge in [0.25, 0.3) is 0 Å². The molecule has 25 heavy (non-hydrogen) atoms. The number of hydrogen-bond donors (Lipinski definition) is 3.